The van der Waals surface area contributed by atoms with Crippen LogP contribution < -0.4 is 4.90 Å². The van der Waals surface area contributed by atoms with Crippen LogP contribution in [-0.2, 0) is 13.6 Å². The molecule has 0 spiro atoms. The van der Waals surface area contributed by atoms with Gasteiger partial charge in [0.2, 0.25) is 0 Å². The molecule has 1 amide bonds. The molecule has 3 aromatic carbocycles. The van der Waals surface area contributed by atoms with Crippen LogP contribution in [0.2, 0.25) is 5.02 Å². The van der Waals surface area contributed by atoms with Crippen molar-refractivity contribution in [1.29, 1.82) is 0 Å². The van der Waals surface area contributed by atoms with Gasteiger partial charge in [-0.15, -0.1) is 0 Å². The summed E-state index contributed by atoms with van der Waals surface area (Å²) in [6.07, 6.45) is 2.47. The standard InChI is InChI=1S/C31H32ClN5O3/c1-34(27-11-9-21(17-25(27)32)20-6-7-20)24-5-3-4-22(16-24)30(38)37-14-12-36(13-15-37)19-29-33-26-10-8-23(31(39)40)18-28(26)35(29)2/h3-5,8-11,16-18,20H,6-7,12-15,19H2,1-2H3,(H,39,40). The van der Waals surface area contributed by atoms with Crippen molar-refractivity contribution in [3.05, 3.63) is 88.2 Å². The van der Waals surface area contributed by atoms with E-state index in [1.165, 1.54) is 18.4 Å². The Morgan fingerprint density at radius 1 is 1.00 bits per heavy atom. The Kier molecular flexibility index (Phi) is 6.98. The van der Waals surface area contributed by atoms with Crippen LogP contribution in [0.15, 0.2) is 60.7 Å². The number of anilines is 2. The minimum atomic E-state index is -0.950. The predicted octanol–water partition coefficient (Wildman–Crippen LogP) is 5.53. The number of fused-ring (bicyclic) bond motifs is 1. The highest BCUT2D eigenvalue weighted by molar-refractivity contribution is 6.33. The van der Waals surface area contributed by atoms with Crippen LogP contribution in [0.3, 0.4) is 0 Å². The van der Waals surface area contributed by atoms with E-state index in [2.05, 4.69) is 23.1 Å². The Hall–Kier alpha value is -3.88. The third-order valence-electron chi connectivity index (χ3n) is 8.11. The van der Waals surface area contributed by atoms with Crippen LogP contribution in [-0.4, -0.2) is 69.6 Å². The number of hydrogen-bond acceptors (Lipinski definition) is 5. The van der Waals surface area contributed by atoms with Crippen LogP contribution in [0.4, 0.5) is 11.4 Å². The lowest BCUT2D eigenvalue weighted by molar-refractivity contribution is 0.0623. The number of carbonyl (C=O) groups is 2. The number of piperazine rings is 1. The van der Waals surface area contributed by atoms with Crippen LogP contribution in [0.1, 0.15) is 50.9 Å². The van der Waals surface area contributed by atoms with Gasteiger partial charge < -0.3 is 19.5 Å². The molecule has 0 bridgehead atoms. The molecule has 1 N–H and O–H groups in total. The molecule has 8 nitrogen and oxygen atoms in total. The number of imidazole rings is 1. The number of carboxylic acid groups (broad SMARTS) is 1. The number of benzene rings is 3. The molecule has 1 aliphatic carbocycles. The van der Waals surface area contributed by atoms with Gasteiger partial charge in [0.1, 0.15) is 5.82 Å². The fraction of sp³-hybridized carbons (Fsp3) is 0.323. The van der Waals surface area contributed by atoms with Crippen molar-refractivity contribution in [3.63, 3.8) is 0 Å². The smallest absolute Gasteiger partial charge is 0.335 e. The van der Waals surface area contributed by atoms with E-state index in [-0.39, 0.29) is 11.5 Å². The van der Waals surface area contributed by atoms with Crippen molar-refractivity contribution >= 4 is 45.9 Å². The highest BCUT2D eigenvalue weighted by Gasteiger charge is 2.26. The summed E-state index contributed by atoms with van der Waals surface area (Å²) >= 11 is 6.64. The summed E-state index contributed by atoms with van der Waals surface area (Å²) in [6, 6.07) is 19.0. The average molecular weight is 558 g/mol. The first-order valence-electron chi connectivity index (χ1n) is 13.6. The van der Waals surface area contributed by atoms with Gasteiger partial charge in [-0.3, -0.25) is 9.69 Å². The number of aromatic nitrogens is 2. The normalized spacial score (nSPS) is 15.9. The molecule has 9 heteroatoms. The van der Waals surface area contributed by atoms with E-state index in [1.807, 2.05) is 52.7 Å². The molecule has 0 unspecified atom stereocenters. The molecule has 40 heavy (non-hydrogen) atoms. The predicted molar refractivity (Wildman–Crippen MR) is 157 cm³/mol. The zero-order chi connectivity index (χ0) is 28.0. The minimum Gasteiger partial charge on any atom is -0.478 e. The molecule has 1 saturated heterocycles. The SMILES string of the molecule is CN(c1cccc(C(=O)N2CCN(Cc3nc4ccc(C(=O)O)cc4n3C)CC2)c1)c1ccc(C2CC2)cc1Cl. The van der Waals surface area contributed by atoms with Gasteiger partial charge in [-0.25, -0.2) is 9.78 Å². The fourth-order valence-electron chi connectivity index (χ4n) is 5.46. The zero-order valence-electron chi connectivity index (χ0n) is 22.7. The first-order chi connectivity index (χ1) is 19.3. The maximum absolute atomic E-state index is 13.4. The topological polar surface area (TPSA) is 81.9 Å². The first kappa shape index (κ1) is 26.3. The van der Waals surface area contributed by atoms with Gasteiger partial charge in [0.25, 0.3) is 5.91 Å². The Morgan fingerprint density at radius 3 is 2.48 bits per heavy atom. The highest BCUT2D eigenvalue weighted by Crippen LogP contribution is 2.43. The van der Waals surface area contributed by atoms with Crippen LogP contribution in [0, 0.1) is 0 Å². The van der Waals surface area contributed by atoms with Crippen molar-refractivity contribution in [2.75, 3.05) is 38.1 Å². The van der Waals surface area contributed by atoms with Gasteiger partial charge in [-0.05, 0) is 72.9 Å². The number of nitrogens with zero attached hydrogens (tertiary/aromatic N) is 5. The van der Waals surface area contributed by atoms with E-state index < -0.39 is 5.97 Å². The highest BCUT2D eigenvalue weighted by atomic mass is 35.5. The molecule has 206 valence electrons. The van der Waals surface area contributed by atoms with Crippen molar-refractivity contribution in [2.45, 2.75) is 25.3 Å². The van der Waals surface area contributed by atoms with Crippen LogP contribution in [0.5, 0.6) is 0 Å². The number of carbonyl (C=O) groups excluding carboxylic acids is 1. The molecule has 6 rings (SSSR count). The number of carboxylic acids is 1. The number of hydrogen-bond donors (Lipinski definition) is 1. The Bertz CT molecular complexity index is 1600. The summed E-state index contributed by atoms with van der Waals surface area (Å²) in [5, 5.41) is 10.0. The summed E-state index contributed by atoms with van der Waals surface area (Å²) in [4.78, 5) is 35.7. The lowest BCUT2D eigenvalue weighted by Crippen LogP contribution is -2.48. The third-order valence-corrected chi connectivity index (χ3v) is 8.41. The number of amides is 1. The van der Waals surface area contributed by atoms with Crippen molar-refractivity contribution in [2.24, 2.45) is 7.05 Å². The maximum atomic E-state index is 13.4. The number of halogens is 1. The van der Waals surface area contributed by atoms with Gasteiger partial charge in [0.15, 0.2) is 0 Å². The second-order valence-electron chi connectivity index (χ2n) is 10.8. The van der Waals surface area contributed by atoms with E-state index in [4.69, 9.17) is 16.6 Å². The monoisotopic (exact) mass is 557 g/mol. The van der Waals surface area contributed by atoms with Crippen molar-refractivity contribution < 1.29 is 14.7 Å². The third kappa shape index (κ3) is 5.17. The molecule has 2 aliphatic rings. The second-order valence-corrected chi connectivity index (χ2v) is 11.2. The minimum absolute atomic E-state index is 0.0222. The Labute approximate surface area is 238 Å². The molecule has 4 aromatic rings. The summed E-state index contributed by atoms with van der Waals surface area (Å²) in [7, 11) is 3.89. The summed E-state index contributed by atoms with van der Waals surface area (Å²) in [6.45, 7) is 3.35. The van der Waals surface area contributed by atoms with Gasteiger partial charge >= 0.3 is 5.97 Å². The first-order valence-corrected chi connectivity index (χ1v) is 14.0. The van der Waals surface area contributed by atoms with Crippen LogP contribution in [0.25, 0.3) is 11.0 Å². The molecular weight excluding hydrogens is 526 g/mol. The zero-order valence-corrected chi connectivity index (χ0v) is 23.4. The quantitative estimate of drug-likeness (QED) is 0.322. The lowest BCUT2D eigenvalue weighted by Gasteiger charge is -2.34. The molecule has 2 fully saturated rings. The molecule has 1 aromatic heterocycles. The second kappa shape index (κ2) is 10.6. The van der Waals surface area contributed by atoms with Gasteiger partial charge in [-0.2, -0.15) is 0 Å². The van der Waals surface area contributed by atoms with Crippen molar-refractivity contribution in [3.8, 4) is 0 Å². The van der Waals surface area contributed by atoms with E-state index >= 15 is 0 Å². The summed E-state index contributed by atoms with van der Waals surface area (Å²) in [5.41, 5.74) is 5.62. The fourth-order valence-corrected chi connectivity index (χ4v) is 5.77. The molecule has 1 saturated carbocycles. The molecule has 1 aliphatic heterocycles. The van der Waals surface area contributed by atoms with Gasteiger partial charge in [0.05, 0.1) is 33.9 Å². The summed E-state index contributed by atoms with van der Waals surface area (Å²) in [5.74, 6) is 0.591. The lowest BCUT2D eigenvalue weighted by atomic mass is 10.1. The number of aryl methyl sites for hydroxylation is 1. The van der Waals surface area contributed by atoms with Crippen molar-refractivity contribution in [1.82, 2.24) is 19.4 Å². The molecule has 0 atom stereocenters. The van der Waals surface area contributed by atoms with E-state index in [9.17, 15) is 14.7 Å². The largest absolute Gasteiger partial charge is 0.478 e. The van der Waals surface area contributed by atoms with E-state index in [1.54, 1.807) is 18.2 Å². The Balaban J connectivity index is 1.10. The number of rotatable bonds is 7. The van der Waals surface area contributed by atoms with Gasteiger partial charge in [-0.1, -0.05) is 23.7 Å². The Morgan fingerprint density at radius 2 is 1.77 bits per heavy atom. The molecule has 2 heterocycles. The molecule has 0 radical (unpaired) electrons. The number of aromatic carboxylic acids is 1. The average Bonchev–Trinajstić information content (AvgIpc) is 3.77. The van der Waals surface area contributed by atoms with Crippen LogP contribution >= 0.6 is 11.6 Å². The molecular formula is C31H32ClN5O3. The van der Waals surface area contributed by atoms with E-state index in [0.717, 1.165) is 46.3 Å². The van der Waals surface area contributed by atoms with E-state index in [0.29, 0.717) is 31.1 Å². The maximum Gasteiger partial charge on any atom is 0.335 e. The van der Waals surface area contributed by atoms with Gasteiger partial charge in [0, 0.05) is 51.5 Å². The summed E-state index contributed by atoms with van der Waals surface area (Å²) < 4.78 is 1.95.